The Balaban J connectivity index is 3.41. The smallest absolute Gasteiger partial charge is 0.422 e. The van der Waals surface area contributed by atoms with Gasteiger partial charge in [-0.15, -0.1) is 0 Å². The molecule has 0 aromatic carbocycles. The Kier molecular flexibility index (Phi) is 5.25. The molecule has 0 unspecified atom stereocenters. The number of halogens is 3. The van der Waals surface area contributed by atoms with Crippen LogP contribution in [-0.2, 0) is 4.74 Å². The summed E-state index contributed by atoms with van der Waals surface area (Å²) in [5, 5.41) is 2.19. The molecule has 0 aliphatic heterocycles. The molecule has 6 heteroatoms. The van der Waals surface area contributed by atoms with E-state index in [1.807, 2.05) is 6.92 Å². The predicted octanol–water partition coefficient (Wildman–Crippen LogP) is 2.08. The summed E-state index contributed by atoms with van der Waals surface area (Å²) in [5.41, 5.74) is 0. The van der Waals surface area contributed by atoms with Gasteiger partial charge in [0.2, 0.25) is 0 Å². The zero-order chi connectivity index (χ0) is 10.3. The summed E-state index contributed by atoms with van der Waals surface area (Å²) in [5.74, 6) is 0. The third-order valence-corrected chi connectivity index (χ3v) is 1.17. The summed E-state index contributed by atoms with van der Waals surface area (Å²) in [4.78, 5) is 10.5. The van der Waals surface area contributed by atoms with Gasteiger partial charge in [-0.1, -0.05) is 13.3 Å². The third-order valence-electron chi connectivity index (χ3n) is 1.17. The Morgan fingerprint density at radius 1 is 1.46 bits per heavy atom. The van der Waals surface area contributed by atoms with E-state index in [4.69, 9.17) is 0 Å². The quantitative estimate of drug-likeness (QED) is 0.704. The van der Waals surface area contributed by atoms with Crippen LogP contribution in [0.3, 0.4) is 0 Å². The Bertz CT molecular complexity index is 158. The van der Waals surface area contributed by atoms with Crippen LogP contribution in [0.5, 0.6) is 0 Å². The molecule has 0 atom stereocenters. The highest BCUT2D eigenvalue weighted by Gasteiger charge is 2.29. The van der Waals surface area contributed by atoms with Crippen molar-refractivity contribution in [2.75, 3.05) is 13.2 Å². The maximum atomic E-state index is 11.5. The SMILES string of the molecule is CCCCNC(=O)OCC(F)(F)F. The number of hydrogen-bond acceptors (Lipinski definition) is 2. The van der Waals surface area contributed by atoms with Gasteiger partial charge in [0.25, 0.3) is 0 Å². The third kappa shape index (κ3) is 8.97. The summed E-state index contributed by atoms with van der Waals surface area (Å²) in [6, 6.07) is 0. The summed E-state index contributed by atoms with van der Waals surface area (Å²) >= 11 is 0. The molecule has 3 nitrogen and oxygen atoms in total. The second kappa shape index (κ2) is 5.66. The highest BCUT2D eigenvalue weighted by Crippen LogP contribution is 2.14. The molecule has 0 radical (unpaired) electrons. The predicted molar refractivity (Wildman–Crippen MR) is 40.3 cm³/mol. The van der Waals surface area contributed by atoms with E-state index in [9.17, 15) is 18.0 Å². The van der Waals surface area contributed by atoms with Crippen molar-refractivity contribution in [3.63, 3.8) is 0 Å². The Labute approximate surface area is 74.3 Å². The highest BCUT2D eigenvalue weighted by molar-refractivity contribution is 5.67. The van der Waals surface area contributed by atoms with Crippen molar-refractivity contribution in [2.45, 2.75) is 25.9 Å². The topological polar surface area (TPSA) is 38.3 Å². The van der Waals surface area contributed by atoms with Crippen LogP contribution in [0.2, 0.25) is 0 Å². The average molecular weight is 199 g/mol. The van der Waals surface area contributed by atoms with E-state index in [1.54, 1.807) is 0 Å². The first-order chi connectivity index (χ1) is 5.95. The number of nitrogens with one attached hydrogen (secondary N) is 1. The minimum atomic E-state index is -4.46. The molecular weight excluding hydrogens is 187 g/mol. The molecule has 0 aliphatic rings. The molecule has 1 N–H and O–H groups in total. The molecule has 13 heavy (non-hydrogen) atoms. The molecule has 0 saturated heterocycles. The largest absolute Gasteiger partial charge is 0.440 e. The van der Waals surface area contributed by atoms with Crippen LogP contribution < -0.4 is 5.32 Å². The van der Waals surface area contributed by atoms with E-state index in [1.165, 1.54) is 0 Å². The van der Waals surface area contributed by atoms with E-state index in [0.717, 1.165) is 12.8 Å². The lowest BCUT2D eigenvalue weighted by atomic mass is 10.3. The molecule has 0 aliphatic carbocycles. The average Bonchev–Trinajstić information content (AvgIpc) is 2.00. The van der Waals surface area contributed by atoms with Gasteiger partial charge in [-0.2, -0.15) is 13.2 Å². The van der Waals surface area contributed by atoms with Crippen molar-refractivity contribution in [1.29, 1.82) is 0 Å². The van der Waals surface area contributed by atoms with Gasteiger partial charge >= 0.3 is 12.3 Å². The molecule has 0 spiro atoms. The summed E-state index contributed by atoms with van der Waals surface area (Å²) < 4.78 is 38.4. The number of carbonyl (C=O) groups is 1. The Morgan fingerprint density at radius 2 is 2.08 bits per heavy atom. The molecule has 78 valence electrons. The van der Waals surface area contributed by atoms with E-state index in [2.05, 4.69) is 10.1 Å². The molecule has 0 aromatic heterocycles. The van der Waals surface area contributed by atoms with Gasteiger partial charge in [-0.25, -0.2) is 4.79 Å². The van der Waals surface area contributed by atoms with Crippen molar-refractivity contribution in [1.82, 2.24) is 5.32 Å². The minimum absolute atomic E-state index is 0.340. The van der Waals surface area contributed by atoms with E-state index >= 15 is 0 Å². The van der Waals surface area contributed by atoms with Crippen molar-refractivity contribution >= 4 is 6.09 Å². The van der Waals surface area contributed by atoms with Crippen LogP contribution in [0.1, 0.15) is 19.8 Å². The number of alkyl halides is 3. The van der Waals surface area contributed by atoms with Crippen LogP contribution in [0, 0.1) is 0 Å². The highest BCUT2D eigenvalue weighted by atomic mass is 19.4. The molecule has 0 rings (SSSR count). The van der Waals surface area contributed by atoms with E-state index in [0.29, 0.717) is 6.54 Å². The fourth-order valence-electron chi connectivity index (χ4n) is 0.566. The lowest BCUT2D eigenvalue weighted by Crippen LogP contribution is -2.29. The zero-order valence-electron chi connectivity index (χ0n) is 7.28. The number of unbranched alkanes of at least 4 members (excludes halogenated alkanes) is 1. The van der Waals surface area contributed by atoms with Gasteiger partial charge < -0.3 is 10.1 Å². The van der Waals surface area contributed by atoms with Gasteiger partial charge in [-0.3, -0.25) is 0 Å². The first-order valence-electron chi connectivity index (χ1n) is 3.93. The lowest BCUT2D eigenvalue weighted by molar-refractivity contribution is -0.160. The molecule has 0 saturated carbocycles. The molecular formula is C7H12F3NO2. The van der Waals surface area contributed by atoms with Crippen LogP contribution >= 0.6 is 0 Å². The number of amides is 1. The van der Waals surface area contributed by atoms with Gasteiger partial charge in [0.1, 0.15) is 0 Å². The Hall–Kier alpha value is -0.940. The summed E-state index contributed by atoms with van der Waals surface area (Å²) in [6.07, 6.45) is -3.89. The normalized spacial score (nSPS) is 11.1. The van der Waals surface area contributed by atoms with Crippen molar-refractivity contribution in [3.8, 4) is 0 Å². The van der Waals surface area contributed by atoms with Gasteiger partial charge in [0.15, 0.2) is 6.61 Å². The molecule has 0 heterocycles. The van der Waals surface area contributed by atoms with Crippen molar-refractivity contribution in [3.05, 3.63) is 0 Å². The number of hydrogen-bond donors (Lipinski definition) is 1. The summed E-state index contributed by atoms with van der Waals surface area (Å²) in [6.45, 7) is 0.709. The van der Waals surface area contributed by atoms with Gasteiger partial charge in [0, 0.05) is 6.54 Å². The molecule has 1 amide bonds. The number of ether oxygens (including phenoxy) is 1. The summed E-state index contributed by atoms with van der Waals surface area (Å²) in [7, 11) is 0. The first-order valence-corrected chi connectivity index (χ1v) is 3.93. The maximum Gasteiger partial charge on any atom is 0.422 e. The first kappa shape index (κ1) is 12.1. The Morgan fingerprint density at radius 3 is 2.54 bits per heavy atom. The second-order valence-electron chi connectivity index (χ2n) is 2.47. The van der Waals surface area contributed by atoms with Gasteiger partial charge in [0.05, 0.1) is 0 Å². The zero-order valence-corrected chi connectivity index (χ0v) is 7.28. The fourth-order valence-corrected chi connectivity index (χ4v) is 0.566. The van der Waals surface area contributed by atoms with Crippen LogP contribution in [0.4, 0.5) is 18.0 Å². The van der Waals surface area contributed by atoms with Crippen LogP contribution in [-0.4, -0.2) is 25.4 Å². The lowest BCUT2D eigenvalue weighted by Gasteiger charge is -2.08. The monoisotopic (exact) mass is 199 g/mol. The fraction of sp³-hybridized carbons (Fsp3) is 0.857. The number of alkyl carbamates (subject to hydrolysis) is 1. The van der Waals surface area contributed by atoms with Crippen molar-refractivity contribution < 1.29 is 22.7 Å². The van der Waals surface area contributed by atoms with Gasteiger partial charge in [-0.05, 0) is 6.42 Å². The maximum absolute atomic E-state index is 11.5. The van der Waals surface area contributed by atoms with E-state index in [-0.39, 0.29) is 0 Å². The van der Waals surface area contributed by atoms with E-state index < -0.39 is 18.9 Å². The molecule has 0 fully saturated rings. The van der Waals surface area contributed by atoms with Crippen molar-refractivity contribution in [2.24, 2.45) is 0 Å². The number of carbonyl (C=O) groups excluding carboxylic acids is 1. The molecule has 0 aromatic rings. The second-order valence-corrected chi connectivity index (χ2v) is 2.47. The molecule has 0 bridgehead atoms. The van der Waals surface area contributed by atoms with Crippen LogP contribution in [0.25, 0.3) is 0 Å². The standard InChI is InChI=1S/C7H12F3NO2/c1-2-3-4-11-6(12)13-5-7(8,9)10/h2-5H2,1H3,(H,11,12). The number of rotatable bonds is 4. The minimum Gasteiger partial charge on any atom is -0.440 e. The van der Waals surface area contributed by atoms with Crippen LogP contribution in [0.15, 0.2) is 0 Å².